The van der Waals surface area contributed by atoms with Crippen molar-refractivity contribution < 1.29 is 14.3 Å². The Balaban J connectivity index is 2.43. The van der Waals surface area contributed by atoms with Crippen LogP contribution in [0.15, 0.2) is 0 Å². The quantitative estimate of drug-likeness (QED) is 0.830. The smallest absolute Gasteiger partial charge is 0.343 e. The molecule has 0 aromatic carbocycles. The predicted octanol–water partition coefficient (Wildman–Crippen LogP) is 1.71. The molecular formula is C14H21N3O3S. The molecule has 1 amide bonds. The summed E-state index contributed by atoms with van der Waals surface area (Å²) in [6, 6.07) is 0. The van der Waals surface area contributed by atoms with Gasteiger partial charge in [-0.2, -0.15) is 0 Å². The number of rotatable bonds is 3. The number of amides is 1. The zero-order valence-electron chi connectivity index (χ0n) is 12.6. The standard InChI is InChI=1S/C14H21N3O3S/c1-8-4-6-17(7-5-8)13-9(14(19)20-3)10(15)11(21-13)12(18)16-2/h8H,4-7,15H2,1-3H3,(H,16,18). The van der Waals surface area contributed by atoms with E-state index in [4.69, 9.17) is 10.5 Å². The van der Waals surface area contributed by atoms with Crippen molar-refractivity contribution in [1.82, 2.24) is 5.32 Å². The number of ether oxygens (including phenoxy) is 1. The van der Waals surface area contributed by atoms with Crippen molar-refractivity contribution in [2.24, 2.45) is 5.92 Å². The second kappa shape index (κ2) is 6.34. The Morgan fingerprint density at radius 3 is 2.52 bits per heavy atom. The Bertz CT molecular complexity index is 548. The number of thiophene rings is 1. The summed E-state index contributed by atoms with van der Waals surface area (Å²) in [5.41, 5.74) is 6.54. The monoisotopic (exact) mass is 311 g/mol. The van der Waals surface area contributed by atoms with E-state index < -0.39 is 5.97 Å². The number of nitrogen functional groups attached to an aromatic ring is 1. The van der Waals surface area contributed by atoms with Crippen LogP contribution >= 0.6 is 11.3 Å². The second-order valence-electron chi connectivity index (χ2n) is 5.27. The van der Waals surface area contributed by atoms with Gasteiger partial charge in [-0.15, -0.1) is 11.3 Å². The summed E-state index contributed by atoms with van der Waals surface area (Å²) in [4.78, 5) is 26.4. The number of carbonyl (C=O) groups is 2. The van der Waals surface area contributed by atoms with E-state index in [-0.39, 0.29) is 11.6 Å². The fourth-order valence-electron chi connectivity index (χ4n) is 2.45. The molecule has 7 heteroatoms. The number of piperidine rings is 1. The van der Waals surface area contributed by atoms with Gasteiger partial charge >= 0.3 is 5.97 Å². The Morgan fingerprint density at radius 2 is 2.00 bits per heavy atom. The average molecular weight is 311 g/mol. The summed E-state index contributed by atoms with van der Waals surface area (Å²) < 4.78 is 4.83. The van der Waals surface area contributed by atoms with Crippen LogP contribution in [0.3, 0.4) is 0 Å². The fraction of sp³-hybridized carbons (Fsp3) is 0.571. The van der Waals surface area contributed by atoms with E-state index >= 15 is 0 Å². The normalized spacial score (nSPS) is 15.9. The molecule has 0 radical (unpaired) electrons. The Kier molecular flexibility index (Phi) is 4.72. The van der Waals surface area contributed by atoms with Gasteiger partial charge in [0.25, 0.3) is 5.91 Å². The fourth-order valence-corrected chi connectivity index (χ4v) is 3.65. The van der Waals surface area contributed by atoms with Gasteiger partial charge in [-0.05, 0) is 18.8 Å². The number of hydrogen-bond acceptors (Lipinski definition) is 6. The number of esters is 1. The van der Waals surface area contributed by atoms with E-state index in [0.29, 0.717) is 16.4 Å². The van der Waals surface area contributed by atoms with Crippen LogP contribution in [-0.4, -0.2) is 39.1 Å². The molecule has 6 nitrogen and oxygen atoms in total. The van der Waals surface area contributed by atoms with Crippen LogP contribution in [0.25, 0.3) is 0 Å². The molecule has 0 aliphatic carbocycles. The Hall–Kier alpha value is -1.76. The van der Waals surface area contributed by atoms with Gasteiger partial charge in [-0.3, -0.25) is 4.79 Å². The van der Waals surface area contributed by atoms with Crippen molar-refractivity contribution in [2.45, 2.75) is 19.8 Å². The van der Waals surface area contributed by atoms with Crippen LogP contribution in [-0.2, 0) is 4.74 Å². The molecule has 0 saturated carbocycles. The third kappa shape index (κ3) is 2.97. The summed E-state index contributed by atoms with van der Waals surface area (Å²) >= 11 is 1.26. The molecule has 1 aliphatic heterocycles. The molecule has 1 aromatic heterocycles. The van der Waals surface area contributed by atoms with Gasteiger partial charge in [-0.1, -0.05) is 6.92 Å². The summed E-state index contributed by atoms with van der Waals surface area (Å²) in [6.45, 7) is 3.94. The van der Waals surface area contributed by atoms with Gasteiger partial charge < -0.3 is 20.7 Å². The average Bonchev–Trinajstić information content (AvgIpc) is 2.84. The first-order valence-corrected chi connectivity index (χ1v) is 7.78. The molecule has 116 valence electrons. The second-order valence-corrected chi connectivity index (χ2v) is 6.26. The molecule has 0 spiro atoms. The Labute approximate surface area is 128 Å². The van der Waals surface area contributed by atoms with Crippen molar-refractivity contribution >= 4 is 33.9 Å². The number of hydrogen-bond donors (Lipinski definition) is 2. The summed E-state index contributed by atoms with van der Waals surface area (Å²) in [6.07, 6.45) is 2.13. The van der Waals surface area contributed by atoms with Gasteiger partial charge in [0.15, 0.2) is 0 Å². The lowest BCUT2D eigenvalue weighted by molar-refractivity contribution is 0.0603. The highest BCUT2D eigenvalue weighted by atomic mass is 32.1. The van der Waals surface area contributed by atoms with Crippen LogP contribution < -0.4 is 16.0 Å². The maximum absolute atomic E-state index is 12.0. The molecule has 0 unspecified atom stereocenters. The van der Waals surface area contributed by atoms with Crippen LogP contribution in [0.5, 0.6) is 0 Å². The molecule has 0 bridgehead atoms. The number of carbonyl (C=O) groups excluding carboxylic acids is 2. The largest absolute Gasteiger partial charge is 0.465 e. The third-order valence-electron chi connectivity index (χ3n) is 3.82. The zero-order chi connectivity index (χ0) is 15.6. The highest BCUT2D eigenvalue weighted by Gasteiger charge is 2.30. The summed E-state index contributed by atoms with van der Waals surface area (Å²) in [5.74, 6) is -0.0923. The summed E-state index contributed by atoms with van der Waals surface area (Å²) in [5, 5.41) is 3.29. The molecule has 1 aliphatic rings. The number of methoxy groups -OCH3 is 1. The van der Waals surface area contributed by atoms with E-state index in [2.05, 4.69) is 17.1 Å². The van der Waals surface area contributed by atoms with E-state index in [1.54, 1.807) is 7.05 Å². The van der Waals surface area contributed by atoms with Gasteiger partial charge in [-0.25, -0.2) is 4.79 Å². The predicted molar refractivity (Wildman–Crippen MR) is 84.1 cm³/mol. The molecule has 1 aromatic rings. The van der Waals surface area contributed by atoms with E-state index in [0.717, 1.165) is 30.9 Å². The van der Waals surface area contributed by atoms with Crippen molar-refractivity contribution in [3.05, 3.63) is 10.4 Å². The van der Waals surface area contributed by atoms with Crippen LogP contribution in [0.2, 0.25) is 0 Å². The first-order valence-electron chi connectivity index (χ1n) is 6.97. The van der Waals surface area contributed by atoms with Crippen molar-refractivity contribution in [2.75, 3.05) is 37.9 Å². The maximum Gasteiger partial charge on any atom is 0.343 e. The van der Waals surface area contributed by atoms with Crippen LogP contribution in [0, 0.1) is 5.92 Å². The lowest BCUT2D eigenvalue weighted by atomic mass is 9.99. The Morgan fingerprint density at radius 1 is 1.38 bits per heavy atom. The minimum Gasteiger partial charge on any atom is -0.465 e. The number of nitrogens with two attached hydrogens (primary N) is 1. The van der Waals surface area contributed by atoms with E-state index in [1.807, 2.05) is 0 Å². The van der Waals surface area contributed by atoms with Gasteiger partial charge in [0.05, 0.1) is 12.8 Å². The first-order chi connectivity index (χ1) is 9.99. The zero-order valence-corrected chi connectivity index (χ0v) is 13.4. The molecule has 1 fully saturated rings. The lowest BCUT2D eigenvalue weighted by Crippen LogP contribution is -2.33. The van der Waals surface area contributed by atoms with Crippen LogP contribution in [0.1, 0.15) is 39.8 Å². The van der Waals surface area contributed by atoms with Gasteiger partial charge in [0.2, 0.25) is 0 Å². The molecule has 3 N–H and O–H groups in total. The highest BCUT2D eigenvalue weighted by Crippen LogP contribution is 2.40. The molecule has 2 rings (SSSR count). The maximum atomic E-state index is 12.0. The number of anilines is 2. The van der Waals surface area contributed by atoms with Gasteiger partial charge in [0, 0.05) is 20.1 Å². The third-order valence-corrected chi connectivity index (χ3v) is 5.09. The lowest BCUT2D eigenvalue weighted by Gasteiger charge is -2.31. The highest BCUT2D eigenvalue weighted by molar-refractivity contribution is 7.19. The van der Waals surface area contributed by atoms with Gasteiger partial charge in [0.1, 0.15) is 15.4 Å². The topological polar surface area (TPSA) is 84.7 Å². The van der Waals surface area contributed by atoms with Crippen molar-refractivity contribution in [3.63, 3.8) is 0 Å². The molecule has 2 heterocycles. The van der Waals surface area contributed by atoms with E-state index in [1.165, 1.54) is 18.4 Å². The molecule has 0 atom stereocenters. The molecule has 21 heavy (non-hydrogen) atoms. The minimum atomic E-state index is -0.493. The minimum absolute atomic E-state index is 0.208. The van der Waals surface area contributed by atoms with Crippen molar-refractivity contribution in [1.29, 1.82) is 0 Å². The molecular weight excluding hydrogens is 290 g/mol. The summed E-state index contributed by atoms with van der Waals surface area (Å²) in [7, 11) is 2.86. The van der Waals surface area contributed by atoms with E-state index in [9.17, 15) is 9.59 Å². The first kappa shape index (κ1) is 15.6. The molecule has 1 saturated heterocycles. The SMILES string of the molecule is CNC(=O)c1sc(N2CCC(C)CC2)c(C(=O)OC)c1N. The number of nitrogens with zero attached hydrogens (tertiary/aromatic N) is 1. The number of nitrogens with one attached hydrogen (secondary N) is 1. The van der Waals surface area contributed by atoms with Crippen molar-refractivity contribution in [3.8, 4) is 0 Å². The van der Waals surface area contributed by atoms with Crippen LogP contribution in [0.4, 0.5) is 10.7 Å².